The van der Waals surface area contributed by atoms with E-state index in [0.717, 1.165) is 66.6 Å². The molecule has 6 aliphatic rings. The number of rotatable bonds is 4. The predicted octanol–water partition coefficient (Wildman–Crippen LogP) is 5.49. The summed E-state index contributed by atoms with van der Waals surface area (Å²) >= 11 is 0. The quantitative estimate of drug-likeness (QED) is 0.427. The monoisotopic (exact) mass is 442 g/mol. The molecule has 0 N–H and O–H groups in total. The van der Waals surface area contributed by atoms with Gasteiger partial charge in [0, 0.05) is 0 Å². The molecular formula is C28H42O4. The Morgan fingerprint density at radius 1 is 0.750 bits per heavy atom. The summed E-state index contributed by atoms with van der Waals surface area (Å²) in [5, 5.41) is 0. The Morgan fingerprint density at radius 2 is 1.34 bits per heavy atom. The van der Waals surface area contributed by atoms with Crippen LogP contribution in [0.15, 0.2) is 0 Å². The fraction of sp³-hybridized carbons (Fsp3) is 0.929. The zero-order valence-electron chi connectivity index (χ0n) is 20.8. The first kappa shape index (κ1) is 21.5. The number of esters is 2. The van der Waals surface area contributed by atoms with Gasteiger partial charge in [0.1, 0.15) is 11.7 Å². The smallest absolute Gasteiger partial charge is 0.311 e. The molecule has 4 nitrogen and oxygen atoms in total. The maximum atomic E-state index is 13.0. The van der Waals surface area contributed by atoms with E-state index in [1.54, 1.807) is 0 Å². The molecule has 0 spiro atoms. The first-order valence-electron chi connectivity index (χ1n) is 13.4. The van der Waals surface area contributed by atoms with E-state index in [1.807, 2.05) is 34.6 Å². The molecule has 0 aliphatic heterocycles. The highest BCUT2D eigenvalue weighted by Gasteiger charge is 2.73. The lowest BCUT2D eigenvalue weighted by atomic mass is 9.58. The molecule has 0 radical (unpaired) electrons. The molecule has 0 saturated heterocycles. The molecule has 0 amide bonds. The van der Waals surface area contributed by atoms with Gasteiger partial charge in [-0.25, -0.2) is 0 Å². The molecule has 6 aliphatic carbocycles. The maximum Gasteiger partial charge on any atom is 0.311 e. The van der Waals surface area contributed by atoms with Crippen LogP contribution in [-0.4, -0.2) is 23.6 Å². The van der Waals surface area contributed by atoms with Gasteiger partial charge in [-0.2, -0.15) is 0 Å². The minimum absolute atomic E-state index is 0.00950. The predicted molar refractivity (Wildman–Crippen MR) is 121 cm³/mol. The average molecular weight is 443 g/mol. The zero-order valence-corrected chi connectivity index (χ0v) is 20.8. The SMILES string of the molecule is CCC(C)(C)C(=O)OC1CC2CC1C1C3CC(C21)C1C2CC(CC2C(=O)OC(C)(C)C)C31. The lowest BCUT2D eigenvalue weighted by Crippen LogP contribution is -2.47. The van der Waals surface area contributed by atoms with Crippen LogP contribution < -0.4 is 0 Å². The van der Waals surface area contributed by atoms with E-state index in [0.29, 0.717) is 11.8 Å². The lowest BCUT2D eigenvalue weighted by Gasteiger charge is -2.48. The van der Waals surface area contributed by atoms with Gasteiger partial charge in [-0.15, -0.1) is 0 Å². The van der Waals surface area contributed by atoms with Gasteiger partial charge in [-0.05, 0) is 132 Å². The maximum absolute atomic E-state index is 13.0. The van der Waals surface area contributed by atoms with Crippen molar-refractivity contribution in [1.29, 1.82) is 0 Å². The summed E-state index contributed by atoms with van der Waals surface area (Å²) in [7, 11) is 0. The average Bonchev–Trinajstić information content (AvgIpc) is 3.51. The summed E-state index contributed by atoms with van der Waals surface area (Å²) in [5.41, 5.74) is -0.760. The van der Waals surface area contributed by atoms with Gasteiger partial charge < -0.3 is 9.47 Å². The van der Waals surface area contributed by atoms with Crippen molar-refractivity contribution < 1.29 is 19.1 Å². The summed E-state index contributed by atoms with van der Waals surface area (Å²) in [6.45, 7) is 12.1. The highest BCUT2D eigenvalue weighted by Crippen LogP contribution is 2.77. The number of hydrogen-bond donors (Lipinski definition) is 0. The van der Waals surface area contributed by atoms with Crippen LogP contribution in [0.2, 0.25) is 0 Å². The molecule has 178 valence electrons. The van der Waals surface area contributed by atoms with Crippen molar-refractivity contribution in [2.45, 2.75) is 91.8 Å². The molecule has 12 atom stereocenters. The van der Waals surface area contributed by atoms with Crippen molar-refractivity contribution in [3.05, 3.63) is 0 Å². The molecule has 0 aromatic carbocycles. The molecule has 6 saturated carbocycles. The van der Waals surface area contributed by atoms with Gasteiger partial charge in [-0.3, -0.25) is 9.59 Å². The van der Waals surface area contributed by atoms with Gasteiger partial charge in [0.2, 0.25) is 0 Å². The molecule has 12 unspecified atom stereocenters. The Labute approximate surface area is 193 Å². The Kier molecular flexibility index (Phi) is 4.53. The largest absolute Gasteiger partial charge is 0.462 e. The van der Waals surface area contributed by atoms with Crippen LogP contribution in [0.1, 0.15) is 80.1 Å². The van der Waals surface area contributed by atoms with Gasteiger partial charge in [0.05, 0.1) is 11.3 Å². The second-order valence-electron chi connectivity index (χ2n) is 14.0. The van der Waals surface area contributed by atoms with Crippen molar-refractivity contribution in [2.75, 3.05) is 0 Å². The number of hydrogen-bond acceptors (Lipinski definition) is 4. The van der Waals surface area contributed by atoms with Crippen LogP contribution in [0.4, 0.5) is 0 Å². The Bertz CT molecular complexity index is 824. The summed E-state index contributed by atoms with van der Waals surface area (Å²) in [5.74, 6) is 7.67. The van der Waals surface area contributed by atoms with Crippen molar-refractivity contribution in [3.8, 4) is 0 Å². The van der Waals surface area contributed by atoms with E-state index >= 15 is 0 Å². The third kappa shape index (κ3) is 2.86. The molecule has 6 bridgehead atoms. The first-order valence-corrected chi connectivity index (χ1v) is 13.4. The molecule has 6 fully saturated rings. The molecule has 0 heterocycles. The van der Waals surface area contributed by atoms with Crippen LogP contribution in [-0.2, 0) is 19.1 Å². The highest BCUT2D eigenvalue weighted by atomic mass is 16.6. The molecule has 0 aromatic heterocycles. The summed E-state index contributed by atoms with van der Waals surface area (Å²) in [4.78, 5) is 25.8. The molecule has 4 heteroatoms. The normalized spacial score (nSPS) is 49.9. The third-order valence-electron chi connectivity index (χ3n) is 11.1. The van der Waals surface area contributed by atoms with Crippen LogP contribution in [0.3, 0.4) is 0 Å². The molecular weight excluding hydrogens is 400 g/mol. The number of carbonyl (C=O) groups is 2. The highest BCUT2D eigenvalue weighted by molar-refractivity contribution is 5.76. The van der Waals surface area contributed by atoms with E-state index in [1.165, 1.54) is 19.3 Å². The molecule has 0 aromatic rings. The fourth-order valence-corrected chi connectivity index (χ4v) is 10.00. The minimum Gasteiger partial charge on any atom is -0.462 e. The van der Waals surface area contributed by atoms with Gasteiger partial charge >= 0.3 is 11.9 Å². The third-order valence-corrected chi connectivity index (χ3v) is 11.1. The second kappa shape index (κ2) is 6.75. The van der Waals surface area contributed by atoms with E-state index < -0.39 is 0 Å². The topological polar surface area (TPSA) is 52.6 Å². The molecule has 6 rings (SSSR count). The van der Waals surface area contributed by atoms with Crippen molar-refractivity contribution in [1.82, 2.24) is 0 Å². The Balaban J connectivity index is 1.18. The van der Waals surface area contributed by atoms with E-state index in [4.69, 9.17) is 9.47 Å². The van der Waals surface area contributed by atoms with Crippen LogP contribution >= 0.6 is 0 Å². The second-order valence-corrected chi connectivity index (χ2v) is 14.0. The minimum atomic E-state index is -0.387. The van der Waals surface area contributed by atoms with Crippen LogP contribution in [0.25, 0.3) is 0 Å². The van der Waals surface area contributed by atoms with Gasteiger partial charge in [-0.1, -0.05) is 6.92 Å². The molecule has 32 heavy (non-hydrogen) atoms. The van der Waals surface area contributed by atoms with E-state index in [2.05, 4.69) is 6.92 Å². The zero-order chi connectivity index (χ0) is 22.7. The van der Waals surface area contributed by atoms with E-state index in [9.17, 15) is 9.59 Å². The van der Waals surface area contributed by atoms with Gasteiger partial charge in [0.25, 0.3) is 0 Å². The van der Waals surface area contributed by atoms with E-state index in [-0.39, 0.29) is 35.0 Å². The Hall–Kier alpha value is -1.06. The van der Waals surface area contributed by atoms with Gasteiger partial charge in [0.15, 0.2) is 0 Å². The van der Waals surface area contributed by atoms with Crippen molar-refractivity contribution in [2.24, 2.45) is 70.5 Å². The standard InChI is InChI=1S/C28H42O4/c1-7-28(5,6)26(30)31-20-11-14-10-17(20)24-19-12-18(22(14)24)23-15-8-13(21(19)23)9-16(15)25(29)32-27(2,3)4/h13-24H,7-12H2,1-6H3. The van der Waals surface area contributed by atoms with Crippen molar-refractivity contribution >= 4 is 11.9 Å². The van der Waals surface area contributed by atoms with Crippen molar-refractivity contribution in [3.63, 3.8) is 0 Å². The lowest BCUT2D eigenvalue weighted by molar-refractivity contribution is -0.166. The van der Waals surface area contributed by atoms with Crippen LogP contribution in [0.5, 0.6) is 0 Å². The first-order chi connectivity index (χ1) is 15.0. The number of fused-ring (bicyclic) bond motifs is 16. The Morgan fingerprint density at radius 3 is 1.97 bits per heavy atom. The summed E-state index contributed by atoms with van der Waals surface area (Å²) < 4.78 is 12.0. The fourth-order valence-electron chi connectivity index (χ4n) is 10.00. The summed E-state index contributed by atoms with van der Waals surface area (Å²) in [6, 6.07) is 0. The van der Waals surface area contributed by atoms with Crippen LogP contribution in [0, 0.1) is 70.5 Å². The number of ether oxygens (including phenoxy) is 2. The summed E-state index contributed by atoms with van der Waals surface area (Å²) in [6.07, 6.45) is 7.04. The number of carbonyl (C=O) groups excluding carboxylic acids is 2.